The first-order chi connectivity index (χ1) is 17.4. The summed E-state index contributed by atoms with van der Waals surface area (Å²) in [6.07, 6.45) is 0. The minimum Gasteiger partial charge on any atom is -0.493 e. The van der Waals surface area contributed by atoms with Gasteiger partial charge in [-0.15, -0.1) is 0 Å². The molecule has 1 amide bonds. The Labute approximate surface area is 210 Å². The molecule has 0 unspecified atom stereocenters. The number of rotatable bonds is 4. The Morgan fingerprint density at radius 2 is 1.75 bits per heavy atom. The van der Waals surface area contributed by atoms with Crippen molar-refractivity contribution in [3.05, 3.63) is 92.8 Å². The molecule has 3 aromatic carbocycles. The summed E-state index contributed by atoms with van der Waals surface area (Å²) in [4.78, 5) is 34.1. The SMILES string of the molecule is COc1ccc([C@H]2c3c(oc4ccccc4c3=O)C(=O)N2c2nc3c(C)cc(C)cc3s2)cc1OC. The van der Waals surface area contributed by atoms with Gasteiger partial charge in [-0.2, -0.15) is 0 Å². The number of hydrogen-bond donors (Lipinski definition) is 0. The smallest absolute Gasteiger partial charge is 0.297 e. The first-order valence-corrected chi connectivity index (χ1v) is 12.2. The Hall–Kier alpha value is -4.17. The molecule has 0 saturated carbocycles. The Bertz CT molecular complexity index is 1750. The molecule has 6 rings (SSSR count). The molecule has 0 aliphatic carbocycles. The van der Waals surface area contributed by atoms with E-state index in [2.05, 4.69) is 12.1 Å². The topological polar surface area (TPSA) is 81.9 Å². The second-order valence-electron chi connectivity index (χ2n) is 8.79. The lowest BCUT2D eigenvalue weighted by Gasteiger charge is -2.23. The summed E-state index contributed by atoms with van der Waals surface area (Å²) < 4.78 is 18.0. The zero-order chi connectivity index (χ0) is 25.1. The Balaban J connectivity index is 1.64. The lowest BCUT2D eigenvalue weighted by atomic mass is 9.98. The van der Waals surface area contributed by atoms with E-state index in [1.54, 1.807) is 55.5 Å². The lowest BCUT2D eigenvalue weighted by molar-refractivity contribution is 0.0971. The van der Waals surface area contributed by atoms with E-state index < -0.39 is 11.9 Å². The second-order valence-corrected chi connectivity index (χ2v) is 9.80. The Morgan fingerprint density at radius 1 is 0.972 bits per heavy atom. The van der Waals surface area contributed by atoms with Crippen LogP contribution in [0.15, 0.2) is 63.8 Å². The number of methoxy groups -OCH3 is 2. The van der Waals surface area contributed by atoms with E-state index >= 15 is 0 Å². The normalized spacial score (nSPS) is 15.1. The lowest BCUT2D eigenvalue weighted by Crippen LogP contribution is -2.29. The molecule has 0 radical (unpaired) electrons. The highest BCUT2D eigenvalue weighted by atomic mass is 32.1. The van der Waals surface area contributed by atoms with Crippen LogP contribution in [-0.4, -0.2) is 25.1 Å². The maximum atomic E-state index is 13.9. The highest BCUT2D eigenvalue weighted by Gasteiger charge is 2.45. The summed E-state index contributed by atoms with van der Waals surface area (Å²) in [6.45, 7) is 4.03. The summed E-state index contributed by atoms with van der Waals surface area (Å²) in [5.74, 6) is 0.678. The molecule has 0 spiro atoms. The first-order valence-electron chi connectivity index (χ1n) is 11.4. The number of benzene rings is 3. The van der Waals surface area contributed by atoms with Crippen LogP contribution in [0.4, 0.5) is 5.13 Å². The van der Waals surface area contributed by atoms with E-state index in [0.29, 0.717) is 33.2 Å². The summed E-state index contributed by atoms with van der Waals surface area (Å²) in [7, 11) is 3.11. The van der Waals surface area contributed by atoms with Crippen molar-refractivity contribution in [1.29, 1.82) is 0 Å². The fraction of sp³-hybridized carbons (Fsp3) is 0.179. The van der Waals surface area contributed by atoms with Gasteiger partial charge in [-0.1, -0.05) is 35.6 Å². The molecule has 5 aromatic rings. The third-order valence-corrected chi connectivity index (χ3v) is 7.53. The predicted molar refractivity (Wildman–Crippen MR) is 140 cm³/mol. The number of aromatic nitrogens is 1. The van der Waals surface area contributed by atoms with Gasteiger partial charge in [0.1, 0.15) is 5.58 Å². The number of aryl methyl sites for hydroxylation is 2. The van der Waals surface area contributed by atoms with Gasteiger partial charge in [-0.05, 0) is 60.9 Å². The number of nitrogens with zero attached hydrogens (tertiary/aromatic N) is 2. The second kappa shape index (κ2) is 8.20. The van der Waals surface area contributed by atoms with Gasteiger partial charge in [0.15, 0.2) is 22.1 Å². The molecule has 36 heavy (non-hydrogen) atoms. The van der Waals surface area contributed by atoms with Crippen molar-refractivity contribution in [2.24, 2.45) is 0 Å². The van der Waals surface area contributed by atoms with Crippen molar-refractivity contribution in [1.82, 2.24) is 4.98 Å². The van der Waals surface area contributed by atoms with Crippen molar-refractivity contribution in [2.75, 3.05) is 19.1 Å². The van der Waals surface area contributed by atoms with E-state index in [9.17, 15) is 9.59 Å². The van der Waals surface area contributed by atoms with Crippen LogP contribution in [0.5, 0.6) is 11.5 Å². The van der Waals surface area contributed by atoms with E-state index in [4.69, 9.17) is 18.9 Å². The van der Waals surface area contributed by atoms with Crippen LogP contribution in [0.1, 0.15) is 38.9 Å². The zero-order valence-electron chi connectivity index (χ0n) is 20.1. The molecule has 8 heteroatoms. The maximum absolute atomic E-state index is 13.9. The molecule has 1 aliphatic heterocycles. The molecule has 0 saturated heterocycles. The molecule has 2 aromatic heterocycles. The maximum Gasteiger partial charge on any atom is 0.297 e. The van der Waals surface area contributed by atoms with E-state index in [0.717, 1.165) is 21.3 Å². The van der Waals surface area contributed by atoms with Crippen molar-refractivity contribution in [2.45, 2.75) is 19.9 Å². The summed E-state index contributed by atoms with van der Waals surface area (Å²) in [5, 5.41) is 0.922. The van der Waals surface area contributed by atoms with Crippen molar-refractivity contribution in [3.8, 4) is 11.5 Å². The molecule has 3 heterocycles. The number of thiazole rings is 1. The molecule has 180 valence electrons. The monoisotopic (exact) mass is 498 g/mol. The van der Waals surface area contributed by atoms with Gasteiger partial charge in [0, 0.05) is 0 Å². The van der Waals surface area contributed by atoms with Crippen molar-refractivity contribution in [3.63, 3.8) is 0 Å². The van der Waals surface area contributed by atoms with Gasteiger partial charge in [0.05, 0.1) is 41.4 Å². The Morgan fingerprint density at radius 3 is 2.53 bits per heavy atom. The van der Waals surface area contributed by atoms with E-state index in [1.165, 1.54) is 11.3 Å². The summed E-state index contributed by atoms with van der Waals surface area (Å²) in [6, 6.07) is 15.7. The number of carbonyl (C=O) groups is 1. The fourth-order valence-electron chi connectivity index (χ4n) is 4.92. The van der Waals surface area contributed by atoms with E-state index in [1.807, 2.05) is 19.9 Å². The average Bonchev–Trinajstić information content (AvgIpc) is 3.42. The third kappa shape index (κ3) is 3.21. The number of anilines is 1. The Kier molecular flexibility index (Phi) is 5.08. The minimum absolute atomic E-state index is 0.0330. The van der Waals surface area contributed by atoms with E-state index in [-0.39, 0.29) is 16.8 Å². The van der Waals surface area contributed by atoms with Crippen LogP contribution in [0.25, 0.3) is 21.2 Å². The number of fused-ring (bicyclic) bond motifs is 3. The average molecular weight is 499 g/mol. The van der Waals surface area contributed by atoms with Gasteiger partial charge >= 0.3 is 0 Å². The molecule has 0 N–H and O–H groups in total. The number of amides is 1. The fourth-order valence-corrected chi connectivity index (χ4v) is 6.09. The van der Waals surface area contributed by atoms with Crippen LogP contribution >= 0.6 is 11.3 Å². The number of carbonyl (C=O) groups excluding carboxylic acids is 1. The molecular weight excluding hydrogens is 476 g/mol. The number of para-hydroxylation sites is 1. The van der Waals surface area contributed by atoms with Crippen LogP contribution in [0.2, 0.25) is 0 Å². The standard InChI is InChI=1S/C28H22N2O5S/c1-14-11-15(2)23-21(12-14)36-28(29-23)30-24(16-9-10-19(33-3)20(13-16)34-4)22-25(31)17-7-5-6-8-18(17)35-26(22)27(30)32/h5-13,24H,1-4H3/t24-/m0/s1. The highest BCUT2D eigenvalue weighted by Crippen LogP contribution is 2.45. The first kappa shape index (κ1) is 22.3. The highest BCUT2D eigenvalue weighted by molar-refractivity contribution is 7.22. The molecular formula is C28H22N2O5S. The van der Waals surface area contributed by atoms with Crippen molar-refractivity contribution < 1.29 is 18.7 Å². The molecule has 1 aliphatic rings. The number of hydrogen-bond acceptors (Lipinski definition) is 7. The third-order valence-electron chi connectivity index (χ3n) is 6.53. The van der Waals surface area contributed by atoms with Gasteiger partial charge in [-0.3, -0.25) is 14.5 Å². The number of ether oxygens (including phenoxy) is 2. The molecule has 0 bridgehead atoms. The predicted octanol–water partition coefficient (Wildman–Crippen LogP) is 5.79. The van der Waals surface area contributed by atoms with Crippen LogP contribution in [0.3, 0.4) is 0 Å². The van der Waals surface area contributed by atoms with Crippen LogP contribution in [0, 0.1) is 13.8 Å². The largest absolute Gasteiger partial charge is 0.493 e. The van der Waals surface area contributed by atoms with Crippen molar-refractivity contribution >= 4 is 43.6 Å². The quantitative estimate of drug-likeness (QED) is 0.312. The molecule has 1 atom stereocenters. The van der Waals surface area contributed by atoms with Crippen LogP contribution < -0.4 is 19.8 Å². The summed E-state index contributed by atoms with van der Waals surface area (Å²) in [5.41, 5.74) is 4.09. The van der Waals surface area contributed by atoms with Gasteiger partial charge in [0.25, 0.3) is 5.91 Å². The summed E-state index contributed by atoms with van der Waals surface area (Å²) >= 11 is 1.42. The minimum atomic E-state index is -0.741. The van der Waals surface area contributed by atoms with Gasteiger partial charge in [0.2, 0.25) is 5.76 Å². The van der Waals surface area contributed by atoms with Gasteiger partial charge < -0.3 is 13.9 Å². The molecule has 0 fully saturated rings. The molecule has 7 nitrogen and oxygen atoms in total. The zero-order valence-corrected chi connectivity index (χ0v) is 20.9. The van der Waals surface area contributed by atoms with Gasteiger partial charge in [-0.25, -0.2) is 4.98 Å². The van der Waals surface area contributed by atoms with Crippen LogP contribution in [-0.2, 0) is 0 Å².